The summed E-state index contributed by atoms with van der Waals surface area (Å²) >= 11 is 0. The smallest absolute Gasteiger partial charge is 0.242 e. The summed E-state index contributed by atoms with van der Waals surface area (Å²) in [6.07, 6.45) is 2.88. The average Bonchev–Trinajstić information content (AvgIpc) is 2.62. The van der Waals surface area contributed by atoms with Gasteiger partial charge in [-0.25, -0.2) is 5.01 Å². The van der Waals surface area contributed by atoms with Crippen molar-refractivity contribution in [2.24, 2.45) is 5.41 Å². The number of likely N-dealkylation sites (N-methyl/N-ethyl adjacent to an activating group) is 2. The standard InChI is InChI=1S/C23H37N3O2/c1-8-12-26(21(28)22(2,3)4)25(7)20-19-14-16-9-10-17(27)15-18(16)23(20,5)11-13-24(19)6/h9-10,15,19-20,27H,8,11-14H2,1-7H3/t19-,20+,23+/m1/s1. The first-order valence-electron chi connectivity index (χ1n) is 10.6. The van der Waals surface area contributed by atoms with E-state index in [-0.39, 0.29) is 17.4 Å². The number of carbonyl (C=O) groups is 1. The van der Waals surface area contributed by atoms with Gasteiger partial charge in [-0.15, -0.1) is 0 Å². The van der Waals surface area contributed by atoms with Gasteiger partial charge in [0, 0.05) is 30.5 Å². The molecule has 0 radical (unpaired) electrons. The zero-order valence-corrected chi connectivity index (χ0v) is 18.6. The number of aromatic hydroxyl groups is 1. The van der Waals surface area contributed by atoms with Gasteiger partial charge in [0.25, 0.3) is 0 Å². The molecule has 2 aliphatic rings. The predicted molar refractivity (Wildman–Crippen MR) is 113 cm³/mol. The van der Waals surface area contributed by atoms with Gasteiger partial charge in [-0.3, -0.25) is 9.80 Å². The van der Waals surface area contributed by atoms with Gasteiger partial charge in [-0.05, 0) is 56.1 Å². The number of piperidine rings is 1. The summed E-state index contributed by atoms with van der Waals surface area (Å²) in [5.74, 6) is 0.498. The van der Waals surface area contributed by atoms with Crippen LogP contribution in [0.2, 0.25) is 0 Å². The van der Waals surface area contributed by atoms with Crippen LogP contribution in [0.25, 0.3) is 0 Å². The number of amides is 1. The number of hydrogen-bond acceptors (Lipinski definition) is 4. The van der Waals surface area contributed by atoms with Crippen molar-refractivity contribution in [3.63, 3.8) is 0 Å². The largest absolute Gasteiger partial charge is 0.508 e. The van der Waals surface area contributed by atoms with Crippen LogP contribution in [0.15, 0.2) is 18.2 Å². The van der Waals surface area contributed by atoms with Gasteiger partial charge in [0.05, 0.1) is 6.04 Å². The highest BCUT2D eigenvalue weighted by Crippen LogP contribution is 2.47. The lowest BCUT2D eigenvalue weighted by Crippen LogP contribution is -2.70. The normalized spacial score (nSPS) is 27.6. The van der Waals surface area contributed by atoms with Crippen molar-refractivity contribution >= 4 is 5.91 Å². The summed E-state index contributed by atoms with van der Waals surface area (Å²) in [5.41, 5.74) is 2.04. The number of carbonyl (C=O) groups excluding carboxylic acids is 1. The van der Waals surface area contributed by atoms with Crippen molar-refractivity contribution in [2.75, 3.05) is 27.2 Å². The molecule has 5 nitrogen and oxygen atoms in total. The molecule has 5 heteroatoms. The first-order valence-corrected chi connectivity index (χ1v) is 10.6. The summed E-state index contributed by atoms with van der Waals surface area (Å²) in [4.78, 5) is 15.7. The number of fused-ring (bicyclic) bond motifs is 4. The van der Waals surface area contributed by atoms with Crippen LogP contribution in [0.1, 0.15) is 58.6 Å². The van der Waals surface area contributed by atoms with Gasteiger partial charge in [-0.1, -0.05) is 40.7 Å². The first-order chi connectivity index (χ1) is 13.0. The second-order valence-electron chi connectivity index (χ2n) is 9.96. The van der Waals surface area contributed by atoms with Crippen LogP contribution < -0.4 is 0 Å². The summed E-state index contributed by atoms with van der Waals surface area (Å²) < 4.78 is 0. The summed E-state index contributed by atoms with van der Waals surface area (Å²) in [6.45, 7) is 12.2. The van der Waals surface area contributed by atoms with Gasteiger partial charge in [0.2, 0.25) is 5.91 Å². The number of rotatable bonds is 4. The number of phenols is 1. The van der Waals surface area contributed by atoms with Crippen LogP contribution in [0, 0.1) is 5.41 Å². The molecule has 1 N–H and O–H groups in total. The lowest BCUT2D eigenvalue weighted by molar-refractivity contribution is -0.170. The van der Waals surface area contributed by atoms with E-state index in [0.29, 0.717) is 11.8 Å². The van der Waals surface area contributed by atoms with Crippen molar-refractivity contribution < 1.29 is 9.90 Å². The number of benzene rings is 1. The van der Waals surface area contributed by atoms with E-state index < -0.39 is 5.41 Å². The van der Waals surface area contributed by atoms with Crippen LogP contribution in [0.3, 0.4) is 0 Å². The molecule has 1 aromatic carbocycles. The molecule has 1 amide bonds. The molecule has 1 aromatic rings. The zero-order chi connectivity index (χ0) is 20.9. The Kier molecular flexibility index (Phi) is 5.54. The third-order valence-corrected chi connectivity index (χ3v) is 6.80. The lowest BCUT2D eigenvalue weighted by atomic mass is 9.61. The highest BCUT2D eigenvalue weighted by atomic mass is 16.3. The number of phenolic OH excluding ortho intramolecular Hbond substituents is 1. The number of nitrogens with zero attached hydrogens (tertiary/aromatic N) is 3. The molecule has 28 heavy (non-hydrogen) atoms. The maximum absolute atomic E-state index is 13.3. The summed E-state index contributed by atoms with van der Waals surface area (Å²) in [6, 6.07) is 6.35. The van der Waals surface area contributed by atoms with E-state index in [2.05, 4.69) is 43.9 Å². The number of hydrazine groups is 1. The molecule has 0 aromatic heterocycles. The predicted octanol–water partition coefficient (Wildman–Crippen LogP) is 3.41. The Morgan fingerprint density at radius 1 is 1.36 bits per heavy atom. The Morgan fingerprint density at radius 3 is 2.64 bits per heavy atom. The Balaban J connectivity index is 2.07. The van der Waals surface area contributed by atoms with E-state index in [9.17, 15) is 9.90 Å². The van der Waals surface area contributed by atoms with E-state index in [1.54, 1.807) is 6.07 Å². The molecule has 2 bridgehead atoms. The second kappa shape index (κ2) is 7.34. The second-order valence-corrected chi connectivity index (χ2v) is 9.96. The highest BCUT2D eigenvalue weighted by Gasteiger charge is 2.53. The van der Waals surface area contributed by atoms with E-state index in [0.717, 1.165) is 32.4 Å². The summed E-state index contributed by atoms with van der Waals surface area (Å²) in [5, 5.41) is 14.4. The molecule has 0 unspecified atom stereocenters. The van der Waals surface area contributed by atoms with E-state index in [4.69, 9.17) is 0 Å². The van der Waals surface area contributed by atoms with E-state index in [1.165, 1.54) is 11.1 Å². The molecule has 156 valence electrons. The van der Waals surface area contributed by atoms with Crippen molar-refractivity contribution in [1.82, 2.24) is 14.9 Å². The minimum atomic E-state index is -0.420. The fraction of sp³-hybridized carbons (Fsp3) is 0.696. The van der Waals surface area contributed by atoms with Crippen LogP contribution in [0.4, 0.5) is 0 Å². The van der Waals surface area contributed by atoms with Crippen LogP contribution in [-0.4, -0.2) is 65.2 Å². The third-order valence-electron chi connectivity index (χ3n) is 6.80. The Hall–Kier alpha value is -1.59. The first kappa shape index (κ1) is 21.1. The van der Waals surface area contributed by atoms with Gasteiger partial charge >= 0.3 is 0 Å². The quantitative estimate of drug-likeness (QED) is 0.805. The molecule has 1 aliphatic carbocycles. The van der Waals surface area contributed by atoms with Crippen LogP contribution in [-0.2, 0) is 16.6 Å². The van der Waals surface area contributed by atoms with Gasteiger partial charge in [0.15, 0.2) is 0 Å². The topological polar surface area (TPSA) is 47.0 Å². The molecule has 3 atom stereocenters. The lowest BCUT2D eigenvalue weighted by Gasteiger charge is -2.59. The molecule has 1 fully saturated rings. The Morgan fingerprint density at radius 2 is 2.04 bits per heavy atom. The Bertz CT molecular complexity index is 742. The highest BCUT2D eigenvalue weighted by molar-refractivity contribution is 5.81. The fourth-order valence-electron chi connectivity index (χ4n) is 5.26. The SMILES string of the molecule is CCCN(C(=O)C(C)(C)C)N(C)[C@H]1[C@H]2Cc3ccc(O)cc3[C@]1(C)CCN2C. The summed E-state index contributed by atoms with van der Waals surface area (Å²) in [7, 11) is 4.29. The minimum Gasteiger partial charge on any atom is -0.508 e. The number of hydrogen-bond donors (Lipinski definition) is 1. The third kappa shape index (κ3) is 3.43. The van der Waals surface area contributed by atoms with Crippen molar-refractivity contribution in [3.8, 4) is 5.75 Å². The minimum absolute atomic E-state index is 0.109. The molecule has 1 heterocycles. The van der Waals surface area contributed by atoms with Gasteiger partial charge in [-0.2, -0.15) is 0 Å². The molecule has 3 rings (SSSR count). The van der Waals surface area contributed by atoms with Crippen molar-refractivity contribution in [1.29, 1.82) is 0 Å². The monoisotopic (exact) mass is 387 g/mol. The van der Waals surface area contributed by atoms with Crippen molar-refractivity contribution in [3.05, 3.63) is 29.3 Å². The molecule has 1 saturated heterocycles. The van der Waals surface area contributed by atoms with Crippen molar-refractivity contribution in [2.45, 2.75) is 71.4 Å². The molecule has 0 saturated carbocycles. The molecular formula is C23H37N3O2. The molecule has 1 aliphatic heterocycles. The van der Waals surface area contributed by atoms with Gasteiger partial charge in [0.1, 0.15) is 5.75 Å². The Labute approximate surface area is 170 Å². The maximum Gasteiger partial charge on any atom is 0.242 e. The van der Waals surface area contributed by atoms with E-state index in [1.807, 2.05) is 31.8 Å². The van der Waals surface area contributed by atoms with Gasteiger partial charge < -0.3 is 10.0 Å². The molecule has 0 spiro atoms. The average molecular weight is 388 g/mol. The van der Waals surface area contributed by atoms with Crippen LogP contribution in [0.5, 0.6) is 5.75 Å². The van der Waals surface area contributed by atoms with E-state index >= 15 is 0 Å². The molecular weight excluding hydrogens is 350 g/mol. The zero-order valence-electron chi connectivity index (χ0n) is 18.6. The maximum atomic E-state index is 13.3. The number of likely N-dealkylation sites (tertiary alicyclic amines) is 1. The fourth-order valence-corrected chi connectivity index (χ4v) is 5.26. The van der Waals surface area contributed by atoms with Crippen LogP contribution >= 0.6 is 0 Å².